The van der Waals surface area contributed by atoms with Gasteiger partial charge in [-0.1, -0.05) is 0 Å². The number of nitrogens with two attached hydrogens (primary N) is 2. The minimum absolute atomic E-state index is 0.0584. The maximum atomic E-state index is 12.1. The number of aldehydes is 1. The van der Waals surface area contributed by atoms with Gasteiger partial charge in [-0.2, -0.15) is 0 Å². The molecule has 2 atom stereocenters. The van der Waals surface area contributed by atoms with E-state index in [-0.39, 0.29) is 6.67 Å². The molecular weight excluding hydrogens is 288 g/mol. The van der Waals surface area contributed by atoms with Crippen LogP contribution < -0.4 is 16.8 Å². The number of nitrogens with zero attached hydrogens (tertiary/aromatic N) is 1. The molecule has 0 radical (unpaired) electrons. The molecule has 0 aliphatic heterocycles. The molecule has 0 aromatic heterocycles. The first-order valence-electron chi connectivity index (χ1n) is 7.28. The van der Waals surface area contributed by atoms with Crippen molar-refractivity contribution in [1.29, 1.82) is 0 Å². The maximum Gasteiger partial charge on any atom is 0.411 e. The third-order valence-corrected chi connectivity index (χ3v) is 2.74. The zero-order chi connectivity index (χ0) is 17.3. The van der Waals surface area contributed by atoms with Gasteiger partial charge in [0.1, 0.15) is 17.9 Å². The fourth-order valence-corrected chi connectivity index (χ4v) is 1.68. The van der Waals surface area contributed by atoms with E-state index in [2.05, 4.69) is 5.32 Å². The van der Waals surface area contributed by atoms with E-state index in [0.717, 1.165) is 6.29 Å². The quantitative estimate of drug-likeness (QED) is 0.311. The molecule has 0 bridgehead atoms. The highest BCUT2D eigenvalue weighted by Gasteiger charge is 2.25. The average molecular weight is 316 g/mol. The van der Waals surface area contributed by atoms with Crippen molar-refractivity contribution in [1.82, 2.24) is 10.2 Å². The Morgan fingerprint density at radius 1 is 1.36 bits per heavy atom. The predicted octanol–water partition coefficient (Wildman–Crippen LogP) is -0.0492. The lowest BCUT2D eigenvalue weighted by atomic mass is 10.1. The number of hydrogen-bond donors (Lipinski definition) is 3. The molecule has 0 spiro atoms. The van der Waals surface area contributed by atoms with Gasteiger partial charge in [0.2, 0.25) is 5.91 Å². The summed E-state index contributed by atoms with van der Waals surface area (Å²) in [4.78, 5) is 35.2. The molecule has 8 heteroatoms. The Morgan fingerprint density at radius 3 is 2.36 bits per heavy atom. The summed E-state index contributed by atoms with van der Waals surface area (Å²) >= 11 is 0. The molecule has 22 heavy (non-hydrogen) atoms. The molecule has 0 aromatic carbocycles. The second-order valence-corrected chi connectivity index (χ2v) is 6.15. The van der Waals surface area contributed by atoms with E-state index < -0.39 is 29.7 Å². The molecule has 0 fully saturated rings. The summed E-state index contributed by atoms with van der Waals surface area (Å²) in [5.74, 6) is -0.591. The average Bonchev–Trinajstić information content (AvgIpc) is 2.34. The van der Waals surface area contributed by atoms with E-state index in [1.54, 1.807) is 27.7 Å². The van der Waals surface area contributed by atoms with Crippen LogP contribution in [0.1, 0.15) is 40.5 Å². The lowest BCUT2D eigenvalue weighted by molar-refractivity contribution is -0.120. The highest BCUT2D eigenvalue weighted by atomic mass is 16.6. The lowest BCUT2D eigenvalue weighted by Gasteiger charge is -2.29. The molecule has 2 amide bonds. The number of ether oxygens (including phenoxy) is 1. The van der Waals surface area contributed by atoms with E-state index >= 15 is 0 Å². The Labute approximate surface area is 131 Å². The van der Waals surface area contributed by atoms with Crippen LogP contribution in [0.25, 0.3) is 0 Å². The molecule has 0 rings (SSSR count). The SMILES string of the molecule is CC(N)C(NCN(CCCC=O)C(=O)OC(C)(C)C)C(N)=O. The van der Waals surface area contributed by atoms with E-state index in [1.165, 1.54) is 4.90 Å². The smallest absolute Gasteiger partial charge is 0.411 e. The molecule has 128 valence electrons. The number of hydrogen-bond acceptors (Lipinski definition) is 6. The van der Waals surface area contributed by atoms with Crippen molar-refractivity contribution < 1.29 is 19.1 Å². The highest BCUT2D eigenvalue weighted by Crippen LogP contribution is 2.10. The molecule has 0 aliphatic rings. The standard InChI is InChI=1S/C14H28N4O4/c1-10(15)11(12(16)20)17-9-18(7-5-6-8-19)13(21)22-14(2,3)4/h8,10-11,17H,5-7,9,15H2,1-4H3,(H2,16,20). The van der Waals surface area contributed by atoms with Crippen molar-refractivity contribution in [3.8, 4) is 0 Å². The molecule has 0 saturated heterocycles. The summed E-state index contributed by atoms with van der Waals surface area (Å²) in [6, 6.07) is -1.25. The number of unbranched alkanes of at least 4 members (excludes halogenated alkanes) is 1. The first kappa shape index (κ1) is 20.3. The lowest BCUT2D eigenvalue weighted by Crippen LogP contribution is -2.55. The molecule has 5 N–H and O–H groups in total. The summed E-state index contributed by atoms with van der Waals surface area (Å²) < 4.78 is 5.30. The maximum absolute atomic E-state index is 12.1. The number of carbonyl (C=O) groups is 3. The molecular formula is C14H28N4O4. The monoisotopic (exact) mass is 316 g/mol. The van der Waals surface area contributed by atoms with E-state index in [4.69, 9.17) is 16.2 Å². The van der Waals surface area contributed by atoms with Gasteiger partial charge in [0.05, 0.1) is 6.67 Å². The van der Waals surface area contributed by atoms with Crippen molar-refractivity contribution in [3.63, 3.8) is 0 Å². The molecule has 0 saturated carbocycles. The fourth-order valence-electron chi connectivity index (χ4n) is 1.68. The van der Waals surface area contributed by atoms with Crippen LogP contribution in [0.4, 0.5) is 4.79 Å². The molecule has 0 aliphatic carbocycles. The van der Waals surface area contributed by atoms with Crippen LogP contribution in [-0.4, -0.2) is 54.1 Å². The normalized spacial score (nSPS) is 14.0. The first-order chi connectivity index (χ1) is 10.1. The van der Waals surface area contributed by atoms with E-state index in [1.807, 2.05) is 0 Å². The third kappa shape index (κ3) is 8.58. The van der Waals surface area contributed by atoms with Crippen LogP contribution in [0.2, 0.25) is 0 Å². The predicted molar refractivity (Wildman–Crippen MR) is 82.9 cm³/mol. The molecule has 8 nitrogen and oxygen atoms in total. The molecule has 2 unspecified atom stereocenters. The van der Waals surface area contributed by atoms with Gasteiger partial charge in [-0.3, -0.25) is 15.0 Å². The van der Waals surface area contributed by atoms with Crippen molar-refractivity contribution in [3.05, 3.63) is 0 Å². The van der Waals surface area contributed by atoms with E-state index in [0.29, 0.717) is 19.4 Å². The van der Waals surface area contributed by atoms with Gasteiger partial charge in [0.25, 0.3) is 0 Å². The summed E-state index contributed by atoms with van der Waals surface area (Å²) in [6.45, 7) is 7.31. The van der Waals surface area contributed by atoms with Crippen molar-refractivity contribution >= 4 is 18.3 Å². The second-order valence-electron chi connectivity index (χ2n) is 6.15. The van der Waals surface area contributed by atoms with E-state index in [9.17, 15) is 14.4 Å². The van der Waals surface area contributed by atoms with Crippen molar-refractivity contribution in [2.45, 2.75) is 58.2 Å². The topological polar surface area (TPSA) is 128 Å². The fraction of sp³-hybridized carbons (Fsp3) is 0.786. The Balaban J connectivity index is 4.74. The summed E-state index contributed by atoms with van der Waals surface area (Å²) in [7, 11) is 0. The summed E-state index contributed by atoms with van der Waals surface area (Å²) in [6.07, 6.45) is 1.10. The number of carbonyl (C=O) groups excluding carboxylic acids is 3. The summed E-state index contributed by atoms with van der Waals surface area (Å²) in [5, 5.41) is 2.85. The van der Waals surface area contributed by atoms with Gasteiger partial charge in [0, 0.05) is 19.0 Å². The van der Waals surface area contributed by atoms with Gasteiger partial charge >= 0.3 is 6.09 Å². The first-order valence-corrected chi connectivity index (χ1v) is 7.28. The van der Waals surface area contributed by atoms with Gasteiger partial charge in [-0.15, -0.1) is 0 Å². The van der Waals surface area contributed by atoms with Crippen LogP contribution in [0.15, 0.2) is 0 Å². The van der Waals surface area contributed by atoms with Crippen molar-refractivity contribution in [2.75, 3.05) is 13.2 Å². The van der Waals surface area contributed by atoms with Crippen LogP contribution in [0.5, 0.6) is 0 Å². The third-order valence-electron chi connectivity index (χ3n) is 2.74. The zero-order valence-electron chi connectivity index (χ0n) is 13.8. The minimum Gasteiger partial charge on any atom is -0.444 e. The number of rotatable bonds is 9. The highest BCUT2D eigenvalue weighted by molar-refractivity contribution is 5.80. The Bertz CT molecular complexity index is 380. The summed E-state index contributed by atoms with van der Waals surface area (Å²) in [5.41, 5.74) is 10.3. The Morgan fingerprint density at radius 2 is 1.95 bits per heavy atom. The number of nitrogens with one attached hydrogen (secondary N) is 1. The van der Waals surface area contributed by atoms with Crippen molar-refractivity contribution in [2.24, 2.45) is 11.5 Å². The van der Waals surface area contributed by atoms with Crippen LogP contribution in [0.3, 0.4) is 0 Å². The van der Waals surface area contributed by atoms with Crippen LogP contribution >= 0.6 is 0 Å². The largest absolute Gasteiger partial charge is 0.444 e. The molecule has 0 heterocycles. The van der Waals surface area contributed by atoms with Gasteiger partial charge in [-0.05, 0) is 34.1 Å². The van der Waals surface area contributed by atoms with Gasteiger partial charge in [0.15, 0.2) is 0 Å². The zero-order valence-corrected chi connectivity index (χ0v) is 13.8. The second kappa shape index (κ2) is 9.37. The Kier molecular flexibility index (Phi) is 8.66. The minimum atomic E-state index is -0.754. The van der Waals surface area contributed by atoms with Crippen LogP contribution in [0, 0.1) is 0 Å². The number of primary amides is 1. The Hall–Kier alpha value is -1.67. The van der Waals surface area contributed by atoms with Gasteiger partial charge < -0.3 is 21.0 Å². The van der Waals surface area contributed by atoms with Crippen LogP contribution in [-0.2, 0) is 14.3 Å². The number of amides is 2. The molecule has 0 aromatic rings. The van der Waals surface area contributed by atoms with Gasteiger partial charge in [-0.25, -0.2) is 4.79 Å².